The molecule has 0 bridgehead atoms. The fourth-order valence-corrected chi connectivity index (χ4v) is 7.75. The average Bonchev–Trinajstić information content (AvgIpc) is 3.15. The molecule has 3 unspecified atom stereocenters. The summed E-state index contributed by atoms with van der Waals surface area (Å²) in [7, 11) is 0. The minimum atomic E-state index is -0.172. The van der Waals surface area contributed by atoms with Crippen LogP contribution in [-0.2, 0) is 19.1 Å². The molecule has 0 amide bonds. The molecule has 1 saturated heterocycles. The lowest BCUT2D eigenvalue weighted by Gasteiger charge is -2.58. The van der Waals surface area contributed by atoms with E-state index in [1.165, 1.54) is 6.92 Å². The van der Waals surface area contributed by atoms with Gasteiger partial charge < -0.3 is 9.47 Å². The molecule has 0 aromatic heterocycles. The molecule has 0 aromatic rings. The van der Waals surface area contributed by atoms with Gasteiger partial charge in [-0.3, -0.25) is 9.59 Å². The fraction of sp³-hybridized carbons (Fsp3) is 0.905. The fourth-order valence-electron chi connectivity index (χ4n) is 7.75. The number of hydrogen-bond acceptors (Lipinski definition) is 4. The number of carbonyl (C=O) groups excluding carboxylic acids is 2. The van der Waals surface area contributed by atoms with Gasteiger partial charge in [0.2, 0.25) is 0 Å². The number of fused-ring (bicyclic) bond motifs is 4. The summed E-state index contributed by atoms with van der Waals surface area (Å²) in [4.78, 5) is 23.9. The zero-order valence-corrected chi connectivity index (χ0v) is 15.7. The molecule has 0 N–H and O–H groups in total. The Bertz CT molecular complexity index is 644. The van der Waals surface area contributed by atoms with E-state index >= 15 is 0 Å². The first-order chi connectivity index (χ1) is 11.8. The predicted octanol–water partition coefficient (Wildman–Crippen LogP) is 3.66. The van der Waals surface area contributed by atoms with Crippen LogP contribution in [0.2, 0.25) is 0 Å². The Hall–Kier alpha value is -0.900. The SMILES string of the molecule is CC(=O)OC1CC[C@]2(C)[C@H]3CC[C@]4(C)C(=O)CC[C@H]4[C@@H]3CC3OC32C1. The first-order valence-corrected chi connectivity index (χ1v) is 10.2. The molecule has 4 aliphatic carbocycles. The van der Waals surface area contributed by atoms with Crippen LogP contribution < -0.4 is 0 Å². The maximum Gasteiger partial charge on any atom is 0.302 e. The monoisotopic (exact) mass is 346 g/mol. The minimum absolute atomic E-state index is 0.0223. The van der Waals surface area contributed by atoms with Crippen molar-refractivity contribution in [2.75, 3.05) is 0 Å². The summed E-state index contributed by atoms with van der Waals surface area (Å²) < 4.78 is 12.0. The number of hydrogen-bond donors (Lipinski definition) is 0. The molecule has 1 aliphatic heterocycles. The van der Waals surface area contributed by atoms with Gasteiger partial charge in [0.25, 0.3) is 0 Å². The van der Waals surface area contributed by atoms with Crippen molar-refractivity contribution >= 4 is 11.8 Å². The maximum atomic E-state index is 12.5. The highest BCUT2D eigenvalue weighted by Gasteiger charge is 2.76. The summed E-state index contributed by atoms with van der Waals surface area (Å²) >= 11 is 0. The van der Waals surface area contributed by atoms with Gasteiger partial charge in [-0.2, -0.15) is 0 Å². The van der Waals surface area contributed by atoms with E-state index in [9.17, 15) is 9.59 Å². The molecule has 4 saturated carbocycles. The number of ketones is 1. The number of esters is 1. The Balaban J connectivity index is 1.44. The van der Waals surface area contributed by atoms with E-state index in [-0.39, 0.29) is 28.5 Å². The van der Waals surface area contributed by atoms with Crippen molar-refractivity contribution < 1.29 is 19.1 Å². The van der Waals surface area contributed by atoms with E-state index in [1.54, 1.807) is 0 Å². The van der Waals surface area contributed by atoms with Crippen molar-refractivity contribution in [3.8, 4) is 0 Å². The van der Waals surface area contributed by atoms with Crippen LogP contribution in [-0.4, -0.2) is 29.6 Å². The molecule has 1 heterocycles. The highest BCUT2D eigenvalue weighted by molar-refractivity contribution is 5.87. The van der Waals surface area contributed by atoms with Crippen LogP contribution in [0.3, 0.4) is 0 Å². The third kappa shape index (κ3) is 1.92. The molecule has 5 aliphatic rings. The van der Waals surface area contributed by atoms with Crippen molar-refractivity contribution in [1.29, 1.82) is 0 Å². The predicted molar refractivity (Wildman–Crippen MR) is 91.8 cm³/mol. The molecule has 1 spiro atoms. The van der Waals surface area contributed by atoms with Gasteiger partial charge in [-0.05, 0) is 56.3 Å². The largest absolute Gasteiger partial charge is 0.462 e. The zero-order valence-electron chi connectivity index (χ0n) is 15.7. The van der Waals surface area contributed by atoms with Gasteiger partial charge in [-0.25, -0.2) is 0 Å². The summed E-state index contributed by atoms with van der Waals surface area (Å²) in [6.07, 6.45) is 8.45. The van der Waals surface area contributed by atoms with Crippen molar-refractivity contribution in [2.24, 2.45) is 28.6 Å². The Morgan fingerprint density at radius 1 is 1.16 bits per heavy atom. The summed E-state index contributed by atoms with van der Waals surface area (Å²) in [5.74, 6) is 2.19. The second-order valence-corrected chi connectivity index (χ2v) is 9.92. The van der Waals surface area contributed by atoms with Gasteiger partial charge in [0, 0.05) is 30.6 Å². The average molecular weight is 346 g/mol. The van der Waals surface area contributed by atoms with Crippen molar-refractivity contribution in [1.82, 2.24) is 0 Å². The van der Waals surface area contributed by atoms with Crippen LogP contribution in [0.1, 0.15) is 72.1 Å². The molecule has 8 atom stereocenters. The van der Waals surface area contributed by atoms with Crippen molar-refractivity contribution in [3.05, 3.63) is 0 Å². The van der Waals surface area contributed by atoms with Gasteiger partial charge in [0.05, 0.1) is 6.10 Å². The molecule has 5 fully saturated rings. The van der Waals surface area contributed by atoms with Crippen LogP contribution in [0, 0.1) is 28.6 Å². The van der Waals surface area contributed by atoms with Gasteiger partial charge in [0.1, 0.15) is 17.5 Å². The second kappa shape index (κ2) is 4.88. The van der Waals surface area contributed by atoms with Crippen molar-refractivity contribution in [3.63, 3.8) is 0 Å². The third-order valence-corrected chi connectivity index (χ3v) is 9.08. The van der Waals surface area contributed by atoms with E-state index in [1.807, 2.05) is 0 Å². The molecular formula is C21H30O4. The highest BCUT2D eigenvalue weighted by Crippen LogP contribution is 2.73. The first-order valence-electron chi connectivity index (χ1n) is 10.2. The smallest absolute Gasteiger partial charge is 0.302 e. The third-order valence-electron chi connectivity index (χ3n) is 9.08. The van der Waals surface area contributed by atoms with Gasteiger partial charge in [0.15, 0.2) is 0 Å². The van der Waals surface area contributed by atoms with E-state index < -0.39 is 0 Å². The lowest BCUT2D eigenvalue weighted by molar-refractivity contribution is -0.157. The van der Waals surface area contributed by atoms with Crippen LogP contribution in [0.25, 0.3) is 0 Å². The standard InChI is InChI=1S/C21H30O4/c1-12(22)24-13-6-9-20(3)16-7-8-19(2)15(4-5-17(19)23)14(16)10-18-21(20,11-13)25-18/h13-16,18H,4-11H2,1-3H3/t13?,14-,15-,16-,18?,19-,20+,21?/m0/s1. The topological polar surface area (TPSA) is 55.9 Å². The lowest BCUT2D eigenvalue weighted by Crippen LogP contribution is -2.58. The van der Waals surface area contributed by atoms with Crippen molar-refractivity contribution in [2.45, 2.75) is 89.9 Å². The van der Waals surface area contributed by atoms with E-state index in [0.717, 1.165) is 51.4 Å². The van der Waals surface area contributed by atoms with Crippen LogP contribution in [0.15, 0.2) is 0 Å². The maximum absolute atomic E-state index is 12.5. The molecule has 5 rings (SSSR count). The van der Waals surface area contributed by atoms with E-state index in [2.05, 4.69) is 13.8 Å². The summed E-state index contributed by atoms with van der Waals surface area (Å²) in [5.41, 5.74) is 0.0500. The molecule has 4 heteroatoms. The normalized spacial score (nSPS) is 56.3. The summed E-state index contributed by atoms with van der Waals surface area (Å²) in [5, 5.41) is 0. The van der Waals surface area contributed by atoms with E-state index in [0.29, 0.717) is 29.6 Å². The Morgan fingerprint density at radius 2 is 1.96 bits per heavy atom. The number of carbonyl (C=O) groups is 2. The van der Waals surface area contributed by atoms with Crippen LogP contribution in [0.4, 0.5) is 0 Å². The minimum Gasteiger partial charge on any atom is -0.462 e. The Kier molecular flexibility index (Phi) is 3.18. The number of rotatable bonds is 1. The van der Waals surface area contributed by atoms with Gasteiger partial charge >= 0.3 is 5.97 Å². The second-order valence-electron chi connectivity index (χ2n) is 9.92. The van der Waals surface area contributed by atoms with E-state index in [4.69, 9.17) is 9.47 Å². The lowest BCUT2D eigenvalue weighted by atomic mass is 9.45. The van der Waals surface area contributed by atoms with Gasteiger partial charge in [-0.15, -0.1) is 0 Å². The molecule has 0 radical (unpaired) electrons. The molecular weight excluding hydrogens is 316 g/mol. The number of Topliss-reactive ketones (excluding diaryl/α,β-unsaturated/α-hetero) is 1. The van der Waals surface area contributed by atoms with Crippen LogP contribution >= 0.6 is 0 Å². The van der Waals surface area contributed by atoms with Crippen LogP contribution in [0.5, 0.6) is 0 Å². The first kappa shape index (κ1) is 16.3. The highest BCUT2D eigenvalue weighted by atomic mass is 16.6. The number of epoxide rings is 1. The molecule has 0 aromatic carbocycles. The number of ether oxygens (including phenoxy) is 2. The Labute approximate surface area is 150 Å². The molecule has 25 heavy (non-hydrogen) atoms. The molecule has 4 nitrogen and oxygen atoms in total. The molecule has 138 valence electrons. The van der Waals surface area contributed by atoms with Gasteiger partial charge in [-0.1, -0.05) is 13.8 Å². The summed E-state index contributed by atoms with van der Waals surface area (Å²) in [6, 6.07) is 0. The summed E-state index contributed by atoms with van der Waals surface area (Å²) in [6.45, 7) is 6.18. The zero-order chi connectivity index (χ0) is 17.6. The quantitative estimate of drug-likeness (QED) is 0.537. The Morgan fingerprint density at radius 3 is 2.72 bits per heavy atom.